The highest BCUT2D eigenvalue weighted by molar-refractivity contribution is 5.16. The van der Waals surface area contributed by atoms with Crippen LogP contribution in [0.25, 0.3) is 0 Å². The van der Waals surface area contributed by atoms with E-state index in [0.717, 1.165) is 32.4 Å². The van der Waals surface area contributed by atoms with E-state index in [1.54, 1.807) is 0 Å². The van der Waals surface area contributed by atoms with E-state index < -0.39 is 0 Å². The minimum absolute atomic E-state index is 0.166. The molecule has 1 aliphatic carbocycles. The van der Waals surface area contributed by atoms with Gasteiger partial charge in [0.05, 0.1) is 6.10 Å². The van der Waals surface area contributed by atoms with Gasteiger partial charge in [-0.3, -0.25) is 0 Å². The maximum absolute atomic E-state index is 12.7. The first-order valence-corrected chi connectivity index (χ1v) is 6.37. The van der Waals surface area contributed by atoms with Crippen LogP contribution in [0.5, 0.6) is 0 Å². The van der Waals surface area contributed by atoms with Crippen molar-refractivity contribution in [1.29, 1.82) is 0 Å². The molecule has 17 heavy (non-hydrogen) atoms. The minimum atomic E-state index is -0.166. The lowest BCUT2D eigenvalue weighted by Gasteiger charge is -2.35. The second kappa shape index (κ2) is 6.12. The van der Waals surface area contributed by atoms with E-state index >= 15 is 0 Å². The van der Waals surface area contributed by atoms with Gasteiger partial charge in [-0.05, 0) is 50.4 Å². The molecule has 0 saturated heterocycles. The lowest BCUT2D eigenvalue weighted by molar-refractivity contribution is -0.00960. The molecule has 0 aliphatic heterocycles. The second-order valence-corrected chi connectivity index (χ2v) is 4.58. The molecule has 0 heterocycles. The van der Waals surface area contributed by atoms with Crippen molar-refractivity contribution in [3.8, 4) is 0 Å². The van der Waals surface area contributed by atoms with Crippen LogP contribution in [0.1, 0.15) is 25.3 Å². The average Bonchev–Trinajstić information content (AvgIpc) is 2.28. The first-order chi connectivity index (χ1) is 8.28. The van der Waals surface area contributed by atoms with Crippen LogP contribution in [-0.2, 0) is 11.2 Å². The molecule has 0 aromatic heterocycles. The Morgan fingerprint density at radius 1 is 1.29 bits per heavy atom. The van der Waals surface area contributed by atoms with E-state index in [9.17, 15) is 4.39 Å². The van der Waals surface area contributed by atoms with Crippen molar-refractivity contribution in [3.63, 3.8) is 0 Å². The van der Waals surface area contributed by atoms with Crippen LogP contribution < -0.4 is 5.32 Å². The van der Waals surface area contributed by atoms with Gasteiger partial charge in [0.2, 0.25) is 0 Å². The maximum Gasteiger partial charge on any atom is 0.123 e. The van der Waals surface area contributed by atoms with E-state index in [4.69, 9.17) is 4.74 Å². The Bertz CT molecular complexity index is 333. The average molecular weight is 237 g/mol. The van der Waals surface area contributed by atoms with E-state index in [-0.39, 0.29) is 5.82 Å². The Labute approximate surface area is 102 Å². The monoisotopic (exact) mass is 237 g/mol. The molecular formula is C14H20FNO. The Morgan fingerprint density at radius 3 is 2.65 bits per heavy atom. The summed E-state index contributed by atoms with van der Waals surface area (Å²) >= 11 is 0. The summed E-state index contributed by atoms with van der Waals surface area (Å²) in [6, 6.07) is 7.34. The summed E-state index contributed by atoms with van der Waals surface area (Å²) in [5, 5.41) is 3.50. The molecule has 1 saturated carbocycles. The van der Waals surface area contributed by atoms with Crippen molar-refractivity contribution in [3.05, 3.63) is 35.6 Å². The molecule has 2 nitrogen and oxygen atoms in total. The third kappa shape index (κ3) is 3.79. The van der Waals surface area contributed by atoms with Crippen molar-refractivity contribution >= 4 is 0 Å². The van der Waals surface area contributed by atoms with Gasteiger partial charge in [0.1, 0.15) is 5.82 Å². The Hall–Kier alpha value is -0.930. The van der Waals surface area contributed by atoms with Gasteiger partial charge in [-0.25, -0.2) is 4.39 Å². The number of benzene rings is 1. The zero-order valence-corrected chi connectivity index (χ0v) is 10.3. The predicted molar refractivity (Wildman–Crippen MR) is 66.5 cm³/mol. The predicted octanol–water partition coefficient (Wildman–Crippen LogP) is 2.53. The van der Waals surface area contributed by atoms with Gasteiger partial charge in [0.15, 0.2) is 0 Å². The highest BCUT2D eigenvalue weighted by atomic mass is 19.1. The molecule has 0 atom stereocenters. The molecule has 0 spiro atoms. The molecule has 1 aromatic rings. The first-order valence-electron chi connectivity index (χ1n) is 6.37. The summed E-state index contributed by atoms with van der Waals surface area (Å²) in [7, 11) is 0. The fourth-order valence-corrected chi connectivity index (χ4v) is 2.18. The summed E-state index contributed by atoms with van der Waals surface area (Å²) in [6.07, 6.45) is 3.66. The summed E-state index contributed by atoms with van der Waals surface area (Å²) in [4.78, 5) is 0. The van der Waals surface area contributed by atoms with Crippen LogP contribution in [0, 0.1) is 5.82 Å². The van der Waals surface area contributed by atoms with Crippen LogP contribution in [0.4, 0.5) is 4.39 Å². The van der Waals surface area contributed by atoms with E-state index in [2.05, 4.69) is 5.32 Å². The first kappa shape index (κ1) is 12.5. The van der Waals surface area contributed by atoms with Gasteiger partial charge in [-0.15, -0.1) is 0 Å². The number of hydrogen-bond acceptors (Lipinski definition) is 2. The summed E-state index contributed by atoms with van der Waals surface area (Å²) in [5.41, 5.74) is 1.18. The molecule has 2 rings (SSSR count). The Balaban J connectivity index is 1.59. The zero-order chi connectivity index (χ0) is 12.1. The van der Waals surface area contributed by atoms with Gasteiger partial charge in [-0.1, -0.05) is 12.1 Å². The van der Waals surface area contributed by atoms with Crippen LogP contribution in [0.15, 0.2) is 24.3 Å². The number of nitrogens with one attached hydrogen (secondary N) is 1. The Morgan fingerprint density at radius 2 is 2.00 bits per heavy atom. The topological polar surface area (TPSA) is 21.3 Å². The minimum Gasteiger partial charge on any atom is -0.378 e. The van der Waals surface area contributed by atoms with E-state index in [1.165, 1.54) is 17.7 Å². The molecule has 1 fully saturated rings. The van der Waals surface area contributed by atoms with E-state index in [0.29, 0.717) is 12.1 Å². The number of hydrogen-bond donors (Lipinski definition) is 1. The molecule has 1 aromatic carbocycles. The van der Waals surface area contributed by atoms with Crippen molar-refractivity contribution in [1.82, 2.24) is 5.32 Å². The number of halogens is 1. The summed E-state index contributed by atoms with van der Waals surface area (Å²) < 4.78 is 18.2. The third-order valence-corrected chi connectivity index (χ3v) is 3.26. The SMILES string of the molecule is CCOC1CC(NCCc2ccc(F)cc2)C1. The fraction of sp³-hybridized carbons (Fsp3) is 0.571. The molecule has 0 amide bonds. The van der Waals surface area contributed by atoms with E-state index in [1.807, 2.05) is 19.1 Å². The smallest absolute Gasteiger partial charge is 0.123 e. The maximum atomic E-state index is 12.7. The molecule has 0 unspecified atom stereocenters. The molecule has 0 bridgehead atoms. The van der Waals surface area contributed by atoms with Gasteiger partial charge in [0, 0.05) is 12.6 Å². The largest absolute Gasteiger partial charge is 0.378 e. The van der Waals surface area contributed by atoms with Crippen molar-refractivity contribution in [2.75, 3.05) is 13.2 Å². The fourth-order valence-electron chi connectivity index (χ4n) is 2.18. The van der Waals surface area contributed by atoms with Crippen molar-refractivity contribution in [2.45, 2.75) is 38.3 Å². The molecule has 3 heteroatoms. The van der Waals surface area contributed by atoms with Crippen molar-refractivity contribution < 1.29 is 9.13 Å². The number of ether oxygens (including phenoxy) is 1. The Kier molecular flexibility index (Phi) is 4.51. The summed E-state index contributed by atoms with van der Waals surface area (Å²) in [5.74, 6) is -0.166. The van der Waals surface area contributed by atoms with Crippen LogP contribution in [0.3, 0.4) is 0 Å². The molecule has 1 N–H and O–H groups in total. The zero-order valence-electron chi connectivity index (χ0n) is 10.3. The third-order valence-electron chi connectivity index (χ3n) is 3.26. The standard InChI is InChI=1S/C14H20FNO/c1-2-17-14-9-13(10-14)16-8-7-11-3-5-12(15)6-4-11/h3-6,13-14,16H,2,7-10H2,1H3. The van der Waals surface area contributed by atoms with Crippen LogP contribution in [-0.4, -0.2) is 25.3 Å². The lowest BCUT2D eigenvalue weighted by atomic mass is 9.89. The van der Waals surface area contributed by atoms with Gasteiger partial charge < -0.3 is 10.1 Å². The normalized spacial score (nSPS) is 23.4. The quantitative estimate of drug-likeness (QED) is 0.821. The van der Waals surface area contributed by atoms with Crippen LogP contribution >= 0.6 is 0 Å². The lowest BCUT2D eigenvalue weighted by Crippen LogP contribution is -2.46. The second-order valence-electron chi connectivity index (χ2n) is 4.58. The number of rotatable bonds is 6. The van der Waals surface area contributed by atoms with Crippen LogP contribution in [0.2, 0.25) is 0 Å². The molecule has 94 valence electrons. The molecule has 0 radical (unpaired) electrons. The molecule has 1 aliphatic rings. The van der Waals surface area contributed by atoms with Gasteiger partial charge in [-0.2, -0.15) is 0 Å². The highest BCUT2D eigenvalue weighted by Crippen LogP contribution is 2.22. The summed E-state index contributed by atoms with van der Waals surface area (Å²) in [6.45, 7) is 3.80. The highest BCUT2D eigenvalue weighted by Gasteiger charge is 2.28. The van der Waals surface area contributed by atoms with Crippen molar-refractivity contribution in [2.24, 2.45) is 0 Å². The van der Waals surface area contributed by atoms with Gasteiger partial charge in [0.25, 0.3) is 0 Å². The molecular weight excluding hydrogens is 217 g/mol. The van der Waals surface area contributed by atoms with Gasteiger partial charge >= 0.3 is 0 Å².